The summed E-state index contributed by atoms with van der Waals surface area (Å²) < 4.78 is 24.8. The molecule has 3 aromatic rings. The Morgan fingerprint density at radius 1 is 1.04 bits per heavy atom. The minimum Gasteiger partial charge on any atom is -0.489 e. The molecule has 1 aliphatic carbocycles. The maximum Gasteiger partial charge on any atom is 0.316 e. The van der Waals surface area contributed by atoms with Gasteiger partial charge in [0.05, 0.1) is 10.9 Å². The molecule has 2 aromatic carbocycles. The van der Waals surface area contributed by atoms with Gasteiger partial charge < -0.3 is 9.47 Å². The summed E-state index contributed by atoms with van der Waals surface area (Å²) in [6.45, 7) is 0.338. The van der Waals surface area contributed by atoms with E-state index in [-0.39, 0.29) is 32.0 Å². The molecule has 138 valence electrons. The second-order valence-electron chi connectivity index (χ2n) is 6.76. The van der Waals surface area contributed by atoms with E-state index in [9.17, 15) is 9.18 Å². The van der Waals surface area contributed by atoms with E-state index < -0.39 is 11.6 Å². The summed E-state index contributed by atoms with van der Waals surface area (Å²) in [7, 11) is 0. The minimum atomic E-state index is -0.961. The summed E-state index contributed by atoms with van der Waals surface area (Å²) in [6.07, 6.45) is 1.07. The van der Waals surface area contributed by atoms with E-state index in [0.29, 0.717) is 5.75 Å². The fraction of sp³-hybridized carbons (Fsp3) is 0.273. The Morgan fingerprint density at radius 3 is 2.56 bits per heavy atom. The van der Waals surface area contributed by atoms with Gasteiger partial charge in [-0.1, -0.05) is 42.5 Å². The third-order valence-corrected chi connectivity index (χ3v) is 5.04. The van der Waals surface area contributed by atoms with Gasteiger partial charge in [0.25, 0.3) is 0 Å². The fourth-order valence-corrected chi connectivity index (χ4v) is 3.59. The molecule has 1 heterocycles. The second-order valence-corrected chi connectivity index (χ2v) is 6.76. The molecule has 0 radical (unpaired) electrons. The van der Waals surface area contributed by atoms with Crippen molar-refractivity contribution in [2.24, 2.45) is 0 Å². The van der Waals surface area contributed by atoms with E-state index in [1.165, 1.54) is 0 Å². The number of ether oxygens (including phenoxy) is 2. The number of pyridine rings is 1. The molecule has 0 spiro atoms. The normalized spacial score (nSPS) is 21.4. The van der Waals surface area contributed by atoms with Crippen LogP contribution >= 0.6 is 0 Å². The van der Waals surface area contributed by atoms with Gasteiger partial charge in [0.15, 0.2) is 0 Å². The maximum atomic E-state index is 13.6. The van der Waals surface area contributed by atoms with E-state index in [2.05, 4.69) is 4.98 Å². The summed E-state index contributed by atoms with van der Waals surface area (Å²) in [4.78, 5) is 17.0. The van der Waals surface area contributed by atoms with Crippen LogP contribution in [0.15, 0.2) is 66.9 Å². The smallest absolute Gasteiger partial charge is 0.316 e. The van der Waals surface area contributed by atoms with Crippen LogP contribution in [0.1, 0.15) is 18.4 Å². The minimum absolute atomic E-state index is 0.112. The highest BCUT2D eigenvalue weighted by atomic mass is 19.1. The van der Waals surface area contributed by atoms with E-state index in [1.54, 1.807) is 12.3 Å². The number of carbonyl (C=O) groups is 1. The first-order valence-corrected chi connectivity index (χ1v) is 9.02. The van der Waals surface area contributed by atoms with Gasteiger partial charge in [-0.2, -0.15) is 0 Å². The lowest BCUT2D eigenvalue weighted by Gasteiger charge is -2.42. The molecule has 1 saturated carbocycles. The molecule has 0 bridgehead atoms. The van der Waals surface area contributed by atoms with Crippen molar-refractivity contribution in [3.05, 3.63) is 72.4 Å². The van der Waals surface area contributed by atoms with E-state index in [4.69, 9.17) is 9.47 Å². The van der Waals surface area contributed by atoms with Crippen LogP contribution in [0.25, 0.3) is 10.9 Å². The monoisotopic (exact) mass is 365 g/mol. The van der Waals surface area contributed by atoms with Gasteiger partial charge in [0.1, 0.15) is 25.1 Å². The van der Waals surface area contributed by atoms with Crippen LogP contribution in [0.5, 0.6) is 5.75 Å². The Bertz CT molecular complexity index is 933. The molecule has 1 aliphatic rings. The highest BCUT2D eigenvalue weighted by molar-refractivity contribution is 5.85. The van der Waals surface area contributed by atoms with Gasteiger partial charge in [-0.25, -0.2) is 4.39 Å². The predicted molar refractivity (Wildman–Crippen MR) is 100 cm³/mol. The Kier molecular flexibility index (Phi) is 4.75. The van der Waals surface area contributed by atoms with Gasteiger partial charge in [0, 0.05) is 11.6 Å². The molecule has 0 unspecified atom stereocenters. The van der Waals surface area contributed by atoms with Crippen LogP contribution < -0.4 is 4.74 Å². The van der Waals surface area contributed by atoms with Crippen LogP contribution in [0, 0.1) is 0 Å². The van der Waals surface area contributed by atoms with Crippen molar-refractivity contribution in [3.8, 4) is 5.75 Å². The average Bonchev–Trinajstić information content (AvgIpc) is 2.69. The number of hydrogen-bond acceptors (Lipinski definition) is 4. The van der Waals surface area contributed by atoms with Crippen molar-refractivity contribution in [1.82, 2.24) is 4.98 Å². The Hall–Kier alpha value is -2.95. The zero-order valence-corrected chi connectivity index (χ0v) is 14.8. The Balaban J connectivity index is 1.38. The molecule has 0 N–H and O–H groups in total. The Labute approximate surface area is 156 Å². The lowest BCUT2D eigenvalue weighted by molar-refractivity contribution is -0.158. The SMILES string of the molecule is O=C(OCCOc1ccnc2ccccc12)C1(c2ccccc2)CC(F)C1. The molecular formula is C22H20FNO3. The summed E-state index contributed by atoms with van der Waals surface area (Å²) in [5, 5.41) is 0.909. The van der Waals surface area contributed by atoms with Crippen molar-refractivity contribution >= 4 is 16.9 Å². The van der Waals surface area contributed by atoms with Crippen molar-refractivity contribution in [2.45, 2.75) is 24.4 Å². The van der Waals surface area contributed by atoms with E-state index >= 15 is 0 Å². The van der Waals surface area contributed by atoms with Gasteiger partial charge in [0.2, 0.25) is 0 Å². The number of benzene rings is 2. The van der Waals surface area contributed by atoms with Crippen molar-refractivity contribution < 1.29 is 18.7 Å². The summed E-state index contributed by atoms with van der Waals surface area (Å²) in [6, 6.07) is 18.8. The first-order chi connectivity index (χ1) is 13.2. The van der Waals surface area contributed by atoms with Crippen LogP contribution in [-0.2, 0) is 14.9 Å². The van der Waals surface area contributed by atoms with Crippen molar-refractivity contribution in [1.29, 1.82) is 0 Å². The highest BCUT2D eigenvalue weighted by Crippen LogP contribution is 2.46. The number of alkyl halides is 1. The molecule has 0 amide bonds. The lowest BCUT2D eigenvalue weighted by Crippen LogP contribution is -2.50. The molecule has 4 rings (SSSR count). The maximum absolute atomic E-state index is 13.6. The molecule has 4 nitrogen and oxygen atoms in total. The lowest BCUT2D eigenvalue weighted by atomic mass is 9.63. The van der Waals surface area contributed by atoms with Gasteiger partial charge in [-0.15, -0.1) is 0 Å². The number of fused-ring (bicyclic) bond motifs is 1. The Morgan fingerprint density at radius 2 is 1.78 bits per heavy atom. The number of carbonyl (C=O) groups excluding carboxylic acids is 1. The number of esters is 1. The van der Waals surface area contributed by atoms with Gasteiger partial charge >= 0.3 is 5.97 Å². The highest BCUT2D eigenvalue weighted by Gasteiger charge is 2.53. The molecule has 1 aromatic heterocycles. The number of nitrogens with zero attached hydrogens (tertiary/aromatic N) is 1. The van der Waals surface area contributed by atoms with E-state index in [1.807, 2.05) is 54.6 Å². The van der Waals surface area contributed by atoms with Crippen LogP contribution in [0.3, 0.4) is 0 Å². The zero-order chi connectivity index (χ0) is 18.7. The third kappa shape index (κ3) is 3.37. The molecular weight excluding hydrogens is 345 g/mol. The molecule has 5 heteroatoms. The number of para-hydroxylation sites is 1. The van der Waals surface area contributed by atoms with Crippen LogP contribution in [-0.4, -0.2) is 30.3 Å². The zero-order valence-electron chi connectivity index (χ0n) is 14.8. The standard InChI is InChI=1S/C22H20FNO3/c23-17-14-22(15-17,16-6-2-1-3-7-16)21(25)27-13-12-26-20-10-11-24-19-9-5-4-8-18(19)20/h1-11,17H,12-15H2. The first kappa shape index (κ1) is 17.5. The first-order valence-electron chi connectivity index (χ1n) is 9.02. The second kappa shape index (κ2) is 7.35. The third-order valence-electron chi connectivity index (χ3n) is 5.04. The predicted octanol–water partition coefficient (Wildman–Crippen LogP) is 4.23. The number of aromatic nitrogens is 1. The van der Waals surface area contributed by atoms with Gasteiger partial charge in [-0.05, 0) is 36.6 Å². The van der Waals surface area contributed by atoms with Gasteiger partial charge in [-0.3, -0.25) is 9.78 Å². The molecule has 0 atom stereocenters. The van der Waals surface area contributed by atoms with Crippen molar-refractivity contribution in [2.75, 3.05) is 13.2 Å². The van der Waals surface area contributed by atoms with Crippen LogP contribution in [0.2, 0.25) is 0 Å². The number of rotatable bonds is 6. The largest absolute Gasteiger partial charge is 0.489 e. The van der Waals surface area contributed by atoms with Crippen molar-refractivity contribution in [3.63, 3.8) is 0 Å². The summed E-state index contributed by atoms with van der Waals surface area (Å²) in [5.74, 6) is 0.313. The molecule has 27 heavy (non-hydrogen) atoms. The fourth-order valence-electron chi connectivity index (χ4n) is 3.59. The topological polar surface area (TPSA) is 48.4 Å². The molecule has 0 aliphatic heterocycles. The molecule has 1 fully saturated rings. The average molecular weight is 365 g/mol. The van der Waals surface area contributed by atoms with E-state index in [0.717, 1.165) is 16.5 Å². The van der Waals surface area contributed by atoms with Crippen LogP contribution in [0.4, 0.5) is 4.39 Å². The number of hydrogen-bond donors (Lipinski definition) is 0. The summed E-state index contributed by atoms with van der Waals surface area (Å²) in [5.41, 5.74) is 0.785. The molecule has 0 saturated heterocycles. The summed E-state index contributed by atoms with van der Waals surface area (Å²) >= 11 is 0. The number of halogens is 1. The quantitative estimate of drug-likeness (QED) is 0.485.